The van der Waals surface area contributed by atoms with Gasteiger partial charge in [-0.3, -0.25) is 0 Å². The highest BCUT2D eigenvalue weighted by Gasteiger charge is 2.26. The third-order valence-electron chi connectivity index (χ3n) is 3.73. The number of aliphatic hydroxyl groups is 1. The predicted molar refractivity (Wildman–Crippen MR) is 78.7 cm³/mol. The Morgan fingerprint density at radius 3 is 2.80 bits per heavy atom. The molecule has 2 atom stereocenters. The first-order valence-electron chi connectivity index (χ1n) is 6.83. The van der Waals surface area contributed by atoms with Gasteiger partial charge in [-0.2, -0.15) is 0 Å². The zero-order valence-corrected chi connectivity index (χ0v) is 13.8. The maximum atomic E-state index is 12.4. The zero-order chi connectivity index (χ0) is 14.8. The maximum Gasteiger partial charge on any atom is 0.245 e. The first kappa shape index (κ1) is 16.0. The lowest BCUT2D eigenvalue weighted by Gasteiger charge is -2.15. The second-order valence-corrected chi connectivity index (χ2v) is 7.84. The van der Waals surface area contributed by atoms with E-state index in [9.17, 15) is 8.42 Å². The van der Waals surface area contributed by atoms with E-state index in [1.807, 2.05) is 0 Å². The molecule has 0 spiro atoms. The molecule has 7 heteroatoms. The Kier molecular flexibility index (Phi) is 5.28. The molecule has 1 saturated carbocycles. The normalized spacial score (nSPS) is 24.6. The summed E-state index contributed by atoms with van der Waals surface area (Å²) in [7, 11) is -3.62. The van der Waals surface area contributed by atoms with Crippen molar-refractivity contribution in [2.24, 2.45) is 5.92 Å². The lowest BCUT2D eigenvalue weighted by molar-refractivity contribution is 0.245. The second-order valence-electron chi connectivity index (χ2n) is 5.44. The van der Waals surface area contributed by atoms with Crippen molar-refractivity contribution >= 4 is 26.0 Å². The second kappa shape index (κ2) is 6.60. The van der Waals surface area contributed by atoms with E-state index in [2.05, 4.69) is 27.6 Å². The van der Waals surface area contributed by atoms with Crippen LogP contribution in [-0.4, -0.2) is 19.6 Å². The minimum atomic E-state index is -3.62. The molecular weight excluding hydrogens is 346 g/mol. The van der Waals surface area contributed by atoms with E-state index in [-0.39, 0.29) is 28.0 Å². The third kappa shape index (κ3) is 3.84. The topological polar surface area (TPSA) is 79.5 Å². The van der Waals surface area contributed by atoms with Gasteiger partial charge in [0.2, 0.25) is 10.0 Å². The van der Waals surface area contributed by atoms with Crippen LogP contribution in [0, 0.1) is 5.92 Å². The molecule has 5 nitrogen and oxygen atoms in total. The maximum absolute atomic E-state index is 12.4. The summed E-state index contributed by atoms with van der Waals surface area (Å²) in [5.74, 6) is 0.887. The Labute approximate surface area is 127 Å². The van der Waals surface area contributed by atoms with Gasteiger partial charge >= 0.3 is 0 Å². The van der Waals surface area contributed by atoms with Gasteiger partial charge in [-0.1, -0.05) is 19.8 Å². The van der Waals surface area contributed by atoms with Crippen LogP contribution in [0.15, 0.2) is 20.0 Å². The number of aliphatic hydroxyl groups excluding tert-OH is 1. The van der Waals surface area contributed by atoms with E-state index in [1.54, 1.807) is 0 Å². The van der Waals surface area contributed by atoms with Gasteiger partial charge in [0.1, 0.15) is 17.3 Å². The van der Waals surface area contributed by atoms with Gasteiger partial charge in [0.05, 0.1) is 0 Å². The molecule has 2 rings (SSSR count). The van der Waals surface area contributed by atoms with Crippen LogP contribution in [0.3, 0.4) is 0 Å². The average Bonchev–Trinajstić information content (AvgIpc) is 2.66. The fraction of sp³-hybridized carbons (Fsp3) is 0.692. The SMILES string of the molecule is CC1CCCC(NS(=O)(=O)c2cc(CO)oc2Br)CC1. The third-order valence-corrected chi connectivity index (χ3v) is 6.11. The van der Waals surface area contributed by atoms with Gasteiger partial charge in [-0.25, -0.2) is 13.1 Å². The minimum Gasteiger partial charge on any atom is -0.450 e. The molecule has 114 valence electrons. The summed E-state index contributed by atoms with van der Waals surface area (Å²) in [6.07, 6.45) is 4.97. The van der Waals surface area contributed by atoms with Crippen molar-refractivity contribution in [1.82, 2.24) is 4.72 Å². The van der Waals surface area contributed by atoms with Gasteiger partial charge in [0.25, 0.3) is 0 Å². The molecule has 1 heterocycles. The van der Waals surface area contributed by atoms with Crippen LogP contribution in [0.1, 0.15) is 44.8 Å². The highest BCUT2D eigenvalue weighted by atomic mass is 79.9. The van der Waals surface area contributed by atoms with Crippen molar-refractivity contribution in [3.05, 3.63) is 16.5 Å². The molecular formula is C13H20BrNO4S. The molecule has 0 saturated heterocycles. The Morgan fingerprint density at radius 2 is 2.15 bits per heavy atom. The van der Waals surface area contributed by atoms with E-state index < -0.39 is 10.0 Å². The Bertz CT molecular complexity index is 555. The number of sulfonamides is 1. The molecule has 1 fully saturated rings. The minimum absolute atomic E-state index is 0.0238. The molecule has 0 aromatic carbocycles. The molecule has 0 aliphatic heterocycles. The smallest absolute Gasteiger partial charge is 0.245 e. The molecule has 20 heavy (non-hydrogen) atoms. The van der Waals surface area contributed by atoms with Crippen LogP contribution in [0.2, 0.25) is 0 Å². The van der Waals surface area contributed by atoms with Crippen LogP contribution in [-0.2, 0) is 16.6 Å². The van der Waals surface area contributed by atoms with Gasteiger partial charge < -0.3 is 9.52 Å². The largest absolute Gasteiger partial charge is 0.450 e. The summed E-state index contributed by atoms with van der Waals surface area (Å²) < 4.78 is 32.7. The average molecular weight is 366 g/mol. The van der Waals surface area contributed by atoms with E-state index in [1.165, 1.54) is 6.07 Å². The summed E-state index contributed by atoms with van der Waals surface area (Å²) in [6, 6.07) is 1.33. The van der Waals surface area contributed by atoms with Gasteiger partial charge in [-0.15, -0.1) is 0 Å². The highest BCUT2D eigenvalue weighted by Crippen LogP contribution is 2.28. The molecule has 0 bridgehead atoms. The molecule has 2 unspecified atom stereocenters. The van der Waals surface area contributed by atoms with Crippen molar-refractivity contribution in [2.75, 3.05) is 0 Å². The van der Waals surface area contributed by atoms with Crippen LogP contribution in [0.5, 0.6) is 0 Å². The summed E-state index contributed by atoms with van der Waals surface area (Å²) in [6.45, 7) is 1.88. The van der Waals surface area contributed by atoms with Crippen LogP contribution < -0.4 is 4.72 Å². The Hall–Kier alpha value is -0.370. The van der Waals surface area contributed by atoms with Crippen molar-refractivity contribution in [3.8, 4) is 0 Å². The number of rotatable bonds is 4. The lowest BCUT2D eigenvalue weighted by atomic mass is 10.0. The zero-order valence-electron chi connectivity index (χ0n) is 11.4. The van der Waals surface area contributed by atoms with Crippen molar-refractivity contribution in [3.63, 3.8) is 0 Å². The van der Waals surface area contributed by atoms with Gasteiger partial charge in [0.15, 0.2) is 4.67 Å². The van der Waals surface area contributed by atoms with Crippen molar-refractivity contribution < 1.29 is 17.9 Å². The monoisotopic (exact) mass is 365 g/mol. The number of nitrogens with one attached hydrogen (secondary N) is 1. The van der Waals surface area contributed by atoms with E-state index in [4.69, 9.17) is 9.52 Å². The number of hydrogen-bond acceptors (Lipinski definition) is 4. The standard InChI is InChI=1S/C13H20BrNO4S/c1-9-3-2-4-10(6-5-9)15-20(17,18)12-7-11(8-16)19-13(12)14/h7,9-10,15-16H,2-6,8H2,1H3. The summed E-state index contributed by atoms with van der Waals surface area (Å²) in [4.78, 5) is 0.0545. The van der Waals surface area contributed by atoms with E-state index >= 15 is 0 Å². The van der Waals surface area contributed by atoms with Crippen LogP contribution in [0.4, 0.5) is 0 Å². The summed E-state index contributed by atoms with van der Waals surface area (Å²) >= 11 is 3.09. The summed E-state index contributed by atoms with van der Waals surface area (Å²) in [5, 5.41) is 9.00. The fourth-order valence-corrected chi connectivity index (χ4v) is 4.85. The quantitative estimate of drug-likeness (QED) is 0.803. The van der Waals surface area contributed by atoms with Crippen LogP contribution in [0.25, 0.3) is 0 Å². The molecule has 0 amide bonds. The number of furan rings is 1. The van der Waals surface area contributed by atoms with Gasteiger partial charge in [0, 0.05) is 12.1 Å². The fourth-order valence-electron chi connectivity index (χ4n) is 2.55. The van der Waals surface area contributed by atoms with E-state index in [0.717, 1.165) is 32.1 Å². The van der Waals surface area contributed by atoms with Crippen molar-refractivity contribution in [1.29, 1.82) is 0 Å². The Morgan fingerprint density at radius 1 is 1.40 bits per heavy atom. The first-order valence-corrected chi connectivity index (χ1v) is 9.11. The molecule has 0 radical (unpaired) electrons. The molecule has 1 aromatic rings. The first-order chi connectivity index (χ1) is 9.42. The van der Waals surface area contributed by atoms with Crippen molar-refractivity contribution in [2.45, 2.75) is 56.6 Å². The van der Waals surface area contributed by atoms with E-state index in [0.29, 0.717) is 5.92 Å². The molecule has 2 N–H and O–H groups in total. The lowest BCUT2D eigenvalue weighted by Crippen LogP contribution is -2.34. The molecule has 1 aliphatic rings. The molecule has 1 aliphatic carbocycles. The highest BCUT2D eigenvalue weighted by molar-refractivity contribution is 9.10. The number of halogens is 1. The number of hydrogen-bond donors (Lipinski definition) is 2. The van der Waals surface area contributed by atoms with Gasteiger partial charge in [-0.05, 0) is 41.1 Å². The van der Waals surface area contributed by atoms with Crippen LogP contribution >= 0.6 is 15.9 Å². The Balaban J connectivity index is 2.12. The molecule has 1 aromatic heterocycles. The predicted octanol–water partition coefficient (Wildman–Crippen LogP) is 2.78. The summed E-state index contributed by atoms with van der Waals surface area (Å²) in [5.41, 5.74) is 0.